The molecule has 0 amide bonds. The van der Waals surface area contributed by atoms with Gasteiger partial charge < -0.3 is 4.42 Å². The van der Waals surface area contributed by atoms with E-state index in [9.17, 15) is 19.7 Å². The molecule has 4 aromatic rings. The second-order valence-corrected chi connectivity index (χ2v) is 6.19. The summed E-state index contributed by atoms with van der Waals surface area (Å²) < 4.78 is 5.33. The van der Waals surface area contributed by atoms with Crippen molar-refractivity contribution in [3.05, 3.63) is 104 Å². The van der Waals surface area contributed by atoms with Crippen molar-refractivity contribution in [3.8, 4) is 0 Å². The Morgan fingerprint density at radius 2 is 1.71 bits per heavy atom. The molecule has 6 heteroatoms. The Hall–Kier alpha value is -4.06. The molecule has 0 saturated heterocycles. The van der Waals surface area contributed by atoms with Crippen molar-refractivity contribution in [1.82, 2.24) is 0 Å². The van der Waals surface area contributed by atoms with Crippen LogP contribution in [0.15, 0.2) is 82.0 Å². The third kappa shape index (κ3) is 3.19. The molecule has 1 aromatic heterocycles. The molecule has 0 aliphatic carbocycles. The number of ketones is 1. The van der Waals surface area contributed by atoms with Gasteiger partial charge in [0.05, 0.1) is 4.92 Å². The van der Waals surface area contributed by atoms with Gasteiger partial charge in [0, 0.05) is 17.5 Å². The summed E-state index contributed by atoms with van der Waals surface area (Å²) in [6, 6.07) is 18.5. The zero-order chi connectivity index (χ0) is 19.7. The molecule has 0 aliphatic rings. The Kier molecular flexibility index (Phi) is 4.29. The van der Waals surface area contributed by atoms with E-state index in [0.717, 1.165) is 10.8 Å². The van der Waals surface area contributed by atoms with Crippen molar-refractivity contribution in [2.45, 2.75) is 0 Å². The summed E-state index contributed by atoms with van der Waals surface area (Å²) >= 11 is 0. The number of benzene rings is 3. The monoisotopic (exact) mass is 371 g/mol. The number of allylic oxidation sites excluding steroid dienone is 1. The van der Waals surface area contributed by atoms with Gasteiger partial charge in [0.2, 0.25) is 0 Å². The van der Waals surface area contributed by atoms with E-state index < -0.39 is 16.3 Å². The fourth-order valence-electron chi connectivity index (χ4n) is 3.01. The maximum Gasteiger partial charge on any atom is 0.347 e. The first kappa shape index (κ1) is 17.4. The molecule has 3 aromatic carbocycles. The maximum absolute atomic E-state index is 12.5. The highest BCUT2D eigenvalue weighted by Gasteiger charge is 2.13. The van der Waals surface area contributed by atoms with Crippen molar-refractivity contribution in [2.24, 2.45) is 0 Å². The molecule has 136 valence electrons. The molecule has 0 spiro atoms. The zero-order valence-corrected chi connectivity index (χ0v) is 14.5. The van der Waals surface area contributed by atoms with Crippen molar-refractivity contribution < 1.29 is 14.1 Å². The highest BCUT2D eigenvalue weighted by Crippen LogP contribution is 2.25. The highest BCUT2D eigenvalue weighted by atomic mass is 16.6. The van der Waals surface area contributed by atoms with Crippen LogP contribution >= 0.6 is 0 Å². The summed E-state index contributed by atoms with van der Waals surface area (Å²) in [5.41, 5.74) is 0.211. The fourth-order valence-corrected chi connectivity index (χ4v) is 3.01. The van der Waals surface area contributed by atoms with Crippen LogP contribution in [-0.4, -0.2) is 10.7 Å². The first-order valence-electron chi connectivity index (χ1n) is 8.45. The number of fused-ring (bicyclic) bond motifs is 3. The quantitative estimate of drug-likeness (QED) is 0.129. The number of non-ortho nitro benzene ring substituents is 1. The lowest BCUT2D eigenvalue weighted by Gasteiger charge is -2.04. The first-order valence-corrected chi connectivity index (χ1v) is 8.45. The molecule has 0 bridgehead atoms. The van der Waals surface area contributed by atoms with Gasteiger partial charge in [-0.05, 0) is 46.7 Å². The lowest BCUT2D eigenvalue weighted by molar-refractivity contribution is -0.384. The summed E-state index contributed by atoms with van der Waals surface area (Å²) in [7, 11) is 0. The number of nitro benzene ring substituents is 1. The molecular weight excluding hydrogens is 358 g/mol. The predicted octanol–water partition coefficient (Wildman–Crippen LogP) is 4.75. The largest absolute Gasteiger partial charge is 0.422 e. The number of rotatable bonds is 4. The number of nitro groups is 1. The average Bonchev–Trinajstić information content (AvgIpc) is 2.71. The molecule has 0 fully saturated rings. The fraction of sp³-hybridized carbons (Fsp3) is 0. The minimum absolute atomic E-state index is 0.0365. The normalized spacial score (nSPS) is 11.3. The summed E-state index contributed by atoms with van der Waals surface area (Å²) in [5, 5.41) is 13.2. The van der Waals surface area contributed by atoms with Crippen LogP contribution in [0.25, 0.3) is 27.8 Å². The third-order valence-corrected chi connectivity index (χ3v) is 4.44. The minimum Gasteiger partial charge on any atom is -0.422 e. The number of carbonyl (C=O) groups excluding carboxylic acids is 1. The van der Waals surface area contributed by atoms with Crippen LogP contribution in [0.1, 0.15) is 15.9 Å². The third-order valence-electron chi connectivity index (χ3n) is 4.44. The van der Waals surface area contributed by atoms with E-state index in [1.807, 2.05) is 30.3 Å². The Balaban J connectivity index is 1.72. The van der Waals surface area contributed by atoms with E-state index in [0.29, 0.717) is 16.5 Å². The van der Waals surface area contributed by atoms with E-state index in [4.69, 9.17) is 4.42 Å². The Morgan fingerprint density at radius 1 is 0.964 bits per heavy atom. The van der Waals surface area contributed by atoms with Crippen LogP contribution in [0.3, 0.4) is 0 Å². The molecule has 1 heterocycles. The van der Waals surface area contributed by atoms with Gasteiger partial charge in [0.15, 0.2) is 5.78 Å². The van der Waals surface area contributed by atoms with E-state index >= 15 is 0 Å². The number of hydrogen-bond acceptors (Lipinski definition) is 5. The summed E-state index contributed by atoms with van der Waals surface area (Å²) in [5.74, 6) is -0.498. The van der Waals surface area contributed by atoms with Crippen LogP contribution in [0.5, 0.6) is 0 Å². The Morgan fingerprint density at radius 3 is 2.46 bits per heavy atom. The number of nitrogens with zero attached hydrogens (tertiary/aromatic N) is 1. The molecule has 0 aliphatic heterocycles. The van der Waals surface area contributed by atoms with Crippen LogP contribution < -0.4 is 5.63 Å². The molecule has 0 saturated carbocycles. The van der Waals surface area contributed by atoms with E-state index in [1.54, 1.807) is 12.1 Å². The van der Waals surface area contributed by atoms with E-state index in [2.05, 4.69) is 0 Å². The van der Waals surface area contributed by atoms with Crippen LogP contribution in [0.2, 0.25) is 0 Å². The molecule has 0 N–H and O–H groups in total. The topological polar surface area (TPSA) is 90.4 Å². The molecule has 4 rings (SSSR count). The van der Waals surface area contributed by atoms with Gasteiger partial charge in [-0.25, -0.2) is 4.79 Å². The summed E-state index contributed by atoms with van der Waals surface area (Å²) in [6.45, 7) is 0. The SMILES string of the molecule is O=C(/C=C/c1ccc([N+](=O)[O-])cc1)c1cc2c(ccc3ccccc32)oc1=O. The van der Waals surface area contributed by atoms with Gasteiger partial charge in [-0.15, -0.1) is 0 Å². The lowest BCUT2D eigenvalue weighted by atomic mass is 10.0. The second-order valence-electron chi connectivity index (χ2n) is 6.19. The van der Waals surface area contributed by atoms with Crippen molar-refractivity contribution in [1.29, 1.82) is 0 Å². The van der Waals surface area contributed by atoms with Gasteiger partial charge in [-0.1, -0.05) is 36.4 Å². The first-order chi connectivity index (χ1) is 13.5. The minimum atomic E-state index is -0.707. The van der Waals surface area contributed by atoms with Crippen LogP contribution in [0, 0.1) is 10.1 Å². The highest BCUT2D eigenvalue weighted by molar-refractivity contribution is 6.11. The van der Waals surface area contributed by atoms with Gasteiger partial charge >= 0.3 is 5.63 Å². The molecule has 0 atom stereocenters. The maximum atomic E-state index is 12.5. The van der Waals surface area contributed by atoms with E-state index in [1.165, 1.54) is 36.4 Å². The summed E-state index contributed by atoms with van der Waals surface area (Å²) in [4.78, 5) is 35.0. The Bertz CT molecular complexity index is 1320. The van der Waals surface area contributed by atoms with Crippen molar-refractivity contribution in [3.63, 3.8) is 0 Å². The van der Waals surface area contributed by atoms with Crippen LogP contribution in [-0.2, 0) is 0 Å². The average molecular weight is 371 g/mol. The van der Waals surface area contributed by atoms with Crippen molar-refractivity contribution in [2.75, 3.05) is 0 Å². The molecule has 0 unspecified atom stereocenters. The lowest BCUT2D eigenvalue weighted by Crippen LogP contribution is -2.12. The van der Waals surface area contributed by atoms with Gasteiger partial charge in [0.25, 0.3) is 5.69 Å². The summed E-state index contributed by atoms with van der Waals surface area (Å²) in [6.07, 6.45) is 2.75. The zero-order valence-electron chi connectivity index (χ0n) is 14.5. The molecule has 6 nitrogen and oxygen atoms in total. The standard InChI is InChI=1S/C22H13NO5/c24-20(11-7-14-5-9-16(10-6-14)23(26)27)19-13-18-17-4-2-1-3-15(17)8-12-21(18)28-22(19)25/h1-13H/b11-7+. The van der Waals surface area contributed by atoms with Crippen molar-refractivity contribution >= 4 is 39.3 Å². The smallest absolute Gasteiger partial charge is 0.347 e. The Labute approximate surface area is 158 Å². The molecule has 28 heavy (non-hydrogen) atoms. The number of hydrogen-bond donors (Lipinski definition) is 0. The predicted molar refractivity (Wildman–Crippen MR) is 106 cm³/mol. The van der Waals surface area contributed by atoms with Crippen LogP contribution in [0.4, 0.5) is 5.69 Å². The molecule has 0 radical (unpaired) electrons. The van der Waals surface area contributed by atoms with Gasteiger partial charge in [0.1, 0.15) is 11.1 Å². The number of carbonyl (C=O) groups is 1. The second kappa shape index (κ2) is 6.92. The van der Waals surface area contributed by atoms with Gasteiger partial charge in [-0.3, -0.25) is 14.9 Å². The van der Waals surface area contributed by atoms with E-state index in [-0.39, 0.29) is 11.3 Å². The van der Waals surface area contributed by atoms with Gasteiger partial charge in [-0.2, -0.15) is 0 Å². The molecular formula is C22H13NO5.